The molecule has 1 saturated heterocycles. The van der Waals surface area contributed by atoms with Gasteiger partial charge in [-0.2, -0.15) is 0 Å². The number of hydrogen-bond acceptors (Lipinski definition) is 5. The largest absolute Gasteiger partial charge is 0.456 e. The Balaban J connectivity index is 1.14. The number of ether oxygens (including phenoxy) is 2. The van der Waals surface area contributed by atoms with Crippen molar-refractivity contribution < 1.29 is 9.47 Å². The molecule has 29 heavy (non-hydrogen) atoms. The van der Waals surface area contributed by atoms with Gasteiger partial charge in [-0.15, -0.1) is 11.6 Å². The van der Waals surface area contributed by atoms with E-state index in [-0.39, 0.29) is 11.2 Å². The van der Waals surface area contributed by atoms with Gasteiger partial charge in [0.2, 0.25) is 0 Å². The fraction of sp³-hybridized carbons (Fsp3) is 0.478. The van der Waals surface area contributed by atoms with Crippen molar-refractivity contribution >= 4 is 17.6 Å². The number of fused-ring (bicyclic) bond motifs is 3. The van der Waals surface area contributed by atoms with Crippen molar-refractivity contribution in [1.29, 1.82) is 0 Å². The van der Waals surface area contributed by atoms with Gasteiger partial charge in [-0.3, -0.25) is 4.98 Å². The first-order valence-corrected chi connectivity index (χ1v) is 11.0. The number of amidine groups is 1. The number of aliphatic imine (C=N–C) groups is 1. The quantitative estimate of drug-likeness (QED) is 0.675. The van der Waals surface area contributed by atoms with Crippen LogP contribution in [-0.2, 0) is 40.4 Å². The van der Waals surface area contributed by atoms with Crippen LogP contribution in [0, 0.1) is 0 Å². The Kier molecular flexibility index (Phi) is 3.94. The summed E-state index contributed by atoms with van der Waals surface area (Å²) in [5.74, 6) is 0.448. The van der Waals surface area contributed by atoms with Crippen LogP contribution >= 0.6 is 11.6 Å². The second-order valence-electron chi connectivity index (χ2n) is 8.74. The Hall–Kier alpha value is -2.11. The third-order valence-corrected chi connectivity index (χ3v) is 7.24. The van der Waals surface area contributed by atoms with E-state index in [2.05, 4.69) is 40.2 Å². The van der Waals surface area contributed by atoms with Crippen LogP contribution in [0.5, 0.6) is 0 Å². The van der Waals surface area contributed by atoms with E-state index in [4.69, 9.17) is 26.1 Å². The average molecular weight is 410 g/mol. The third kappa shape index (κ3) is 2.78. The second-order valence-corrected chi connectivity index (χ2v) is 9.01. The number of rotatable bonds is 1. The van der Waals surface area contributed by atoms with Gasteiger partial charge < -0.3 is 14.4 Å². The lowest BCUT2D eigenvalue weighted by molar-refractivity contribution is -0.0738. The lowest BCUT2D eigenvalue weighted by atomic mass is 9.84. The maximum Gasteiger partial charge on any atom is 0.288 e. The fourth-order valence-electron chi connectivity index (χ4n) is 5.40. The minimum Gasteiger partial charge on any atom is -0.456 e. The maximum atomic E-state index is 6.50. The van der Waals surface area contributed by atoms with Crippen molar-refractivity contribution in [2.45, 2.75) is 49.4 Å². The summed E-state index contributed by atoms with van der Waals surface area (Å²) < 4.78 is 12.8. The number of likely N-dealkylation sites (tertiary alicyclic amines) is 1. The number of alkyl halides is 1. The molecule has 4 heterocycles. The molecule has 0 bridgehead atoms. The summed E-state index contributed by atoms with van der Waals surface area (Å²) in [7, 11) is 0. The molecule has 0 radical (unpaired) electrons. The fourth-order valence-corrected chi connectivity index (χ4v) is 5.55. The SMILES string of the molecule is ClCc1cc2c(cn1)CC1(CN=C(N3CCC4(CC3)OCc3ccccc34)O1)C2. The number of halogens is 1. The zero-order valence-corrected chi connectivity index (χ0v) is 17.1. The summed E-state index contributed by atoms with van der Waals surface area (Å²) in [6.45, 7) is 3.27. The van der Waals surface area contributed by atoms with Gasteiger partial charge in [-0.25, -0.2) is 4.99 Å². The maximum absolute atomic E-state index is 6.50. The summed E-state index contributed by atoms with van der Waals surface area (Å²) in [5.41, 5.74) is 5.85. The van der Waals surface area contributed by atoms with Crippen molar-refractivity contribution in [3.63, 3.8) is 0 Å². The molecule has 4 aliphatic rings. The zero-order valence-electron chi connectivity index (χ0n) is 16.4. The smallest absolute Gasteiger partial charge is 0.288 e. The Labute approximate surface area is 175 Å². The Bertz CT molecular complexity index is 999. The summed E-state index contributed by atoms with van der Waals surface area (Å²) in [6, 6.07) is 11.6. The average Bonchev–Trinajstić information content (AvgIpc) is 3.44. The molecule has 0 saturated carbocycles. The van der Waals surface area contributed by atoms with Crippen molar-refractivity contribution in [2.24, 2.45) is 4.99 Å². The van der Waals surface area contributed by atoms with Crippen molar-refractivity contribution in [3.8, 4) is 0 Å². The van der Waals surface area contributed by atoms with Crippen LogP contribution in [0.25, 0.3) is 0 Å². The van der Waals surface area contributed by atoms with E-state index in [1.807, 2.05) is 6.20 Å². The predicted octanol–water partition coefficient (Wildman–Crippen LogP) is 3.57. The number of pyridine rings is 1. The van der Waals surface area contributed by atoms with Gasteiger partial charge in [0, 0.05) is 32.1 Å². The molecule has 2 aromatic rings. The highest BCUT2D eigenvalue weighted by Gasteiger charge is 2.47. The van der Waals surface area contributed by atoms with Gasteiger partial charge in [-0.05, 0) is 41.2 Å². The van der Waals surface area contributed by atoms with E-state index in [0.29, 0.717) is 12.4 Å². The summed E-state index contributed by atoms with van der Waals surface area (Å²) in [6.07, 6.45) is 5.67. The van der Waals surface area contributed by atoms with Gasteiger partial charge in [0.1, 0.15) is 5.60 Å². The molecule has 1 unspecified atom stereocenters. The van der Waals surface area contributed by atoms with E-state index in [9.17, 15) is 0 Å². The molecule has 0 amide bonds. The highest BCUT2D eigenvalue weighted by atomic mass is 35.5. The topological polar surface area (TPSA) is 47.0 Å². The molecule has 6 rings (SSSR count). The first-order chi connectivity index (χ1) is 14.2. The molecule has 2 spiro atoms. The van der Waals surface area contributed by atoms with Crippen LogP contribution in [0.4, 0.5) is 0 Å². The first kappa shape index (κ1) is 17.7. The number of piperidine rings is 1. The van der Waals surface area contributed by atoms with Crippen molar-refractivity contribution in [1.82, 2.24) is 9.88 Å². The molecule has 0 N–H and O–H groups in total. The minimum atomic E-state index is -0.240. The van der Waals surface area contributed by atoms with E-state index >= 15 is 0 Å². The van der Waals surface area contributed by atoms with Gasteiger partial charge >= 0.3 is 0 Å². The molecular weight excluding hydrogens is 386 g/mol. The molecule has 150 valence electrons. The molecule has 6 heteroatoms. The van der Waals surface area contributed by atoms with Crippen LogP contribution in [-0.4, -0.2) is 41.1 Å². The van der Waals surface area contributed by atoms with Crippen molar-refractivity contribution in [2.75, 3.05) is 19.6 Å². The Morgan fingerprint density at radius 3 is 2.76 bits per heavy atom. The number of hydrogen-bond donors (Lipinski definition) is 0. The summed E-state index contributed by atoms with van der Waals surface area (Å²) >= 11 is 5.95. The Morgan fingerprint density at radius 2 is 1.90 bits per heavy atom. The highest BCUT2D eigenvalue weighted by molar-refractivity contribution is 6.16. The zero-order chi connectivity index (χ0) is 19.5. The van der Waals surface area contributed by atoms with Crippen LogP contribution in [0.2, 0.25) is 0 Å². The van der Waals surface area contributed by atoms with Gasteiger partial charge in [0.15, 0.2) is 0 Å². The monoisotopic (exact) mass is 409 g/mol. The molecule has 1 aromatic carbocycles. The lowest BCUT2D eigenvalue weighted by Crippen LogP contribution is -2.47. The number of benzene rings is 1. The van der Waals surface area contributed by atoms with Gasteiger partial charge in [0.05, 0.1) is 30.3 Å². The standard InChI is InChI=1S/C23H24ClN3O2/c24-12-19-9-17-10-22(11-18(17)13-25-19)15-26-21(29-22)27-7-5-23(6-8-27)20-4-2-1-3-16(20)14-28-23/h1-4,9,13H,5-8,10-12,14-15H2. The van der Waals surface area contributed by atoms with E-state index in [0.717, 1.165) is 57.1 Å². The van der Waals surface area contributed by atoms with Crippen molar-refractivity contribution in [3.05, 3.63) is 64.5 Å². The molecular formula is C23H24ClN3O2. The van der Waals surface area contributed by atoms with Crippen LogP contribution < -0.4 is 0 Å². The molecule has 1 fully saturated rings. The van der Waals surface area contributed by atoms with Gasteiger partial charge in [-0.1, -0.05) is 24.3 Å². The normalized spacial score (nSPS) is 26.5. The van der Waals surface area contributed by atoms with Crippen LogP contribution in [0.3, 0.4) is 0 Å². The van der Waals surface area contributed by atoms with E-state index in [1.165, 1.54) is 22.3 Å². The summed E-state index contributed by atoms with van der Waals surface area (Å²) in [5, 5.41) is 0. The second kappa shape index (κ2) is 6.44. The molecule has 1 aromatic heterocycles. The third-order valence-electron chi connectivity index (χ3n) is 6.97. The number of nitrogens with zero attached hydrogens (tertiary/aromatic N) is 3. The number of aromatic nitrogens is 1. The molecule has 5 nitrogen and oxygen atoms in total. The molecule has 3 aliphatic heterocycles. The molecule has 1 atom stereocenters. The predicted molar refractivity (Wildman–Crippen MR) is 111 cm³/mol. The van der Waals surface area contributed by atoms with Gasteiger partial charge in [0.25, 0.3) is 6.02 Å². The van der Waals surface area contributed by atoms with Crippen LogP contribution in [0.1, 0.15) is 40.8 Å². The first-order valence-electron chi connectivity index (χ1n) is 10.4. The van der Waals surface area contributed by atoms with E-state index < -0.39 is 0 Å². The van der Waals surface area contributed by atoms with E-state index in [1.54, 1.807) is 0 Å². The Morgan fingerprint density at radius 1 is 1.07 bits per heavy atom. The lowest BCUT2D eigenvalue weighted by Gasteiger charge is -2.40. The minimum absolute atomic E-state index is 0.128. The molecule has 1 aliphatic carbocycles. The highest BCUT2D eigenvalue weighted by Crippen LogP contribution is 2.45. The summed E-state index contributed by atoms with van der Waals surface area (Å²) in [4.78, 5) is 11.6. The van der Waals surface area contributed by atoms with Crippen LogP contribution in [0.15, 0.2) is 41.5 Å².